The van der Waals surface area contributed by atoms with Crippen LogP contribution in [0.1, 0.15) is 29.2 Å². The molecule has 0 radical (unpaired) electrons. The molecule has 0 aliphatic carbocycles. The van der Waals surface area contributed by atoms with Crippen molar-refractivity contribution >= 4 is 23.0 Å². The Hall–Kier alpha value is -4.31. The molecule has 1 aromatic carbocycles. The number of hydrogen-bond donors (Lipinski definition) is 1. The molecule has 4 aromatic rings. The molecule has 10 heteroatoms. The molecule has 4 heterocycles. The van der Waals surface area contributed by atoms with Gasteiger partial charge in [0.25, 0.3) is 5.69 Å². The lowest BCUT2D eigenvalue weighted by atomic mass is 10.0. The van der Waals surface area contributed by atoms with Gasteiger partial charge >= 0.3 is 0 Å². The van der Waals surface area contributed by atoms with Crippen LogP contribution in [-0.4, -0.2) is 32.0 Å². The molecule has 1 N–H and O–H groups in total. The van der Waals surface area contributed by atoms with Gasteiger partial charge in [-0.05, 0) is 54.7 Å². The number of thiocarbonyl (C=S) groups is 1. The number of benzene rings is 1. The fraction of sp³-hybridized carbons (Fsp3) is 0.160. The summed E-state index contributed by atoms with van der Waals surface area (Å²) in [4.78, 5) is 21.7. The maximum absolute atomic E-state index is 11.2. The number of pyridine rings is 2. The second-order valence-corrected chi connectivity index (χ2v) is 8.31. The van der Waals surface area contributed by atoms with Crippen molar-refractivity contribution in [1.82, 2.24) is 20.2 Å². The van der Waals surface area contributed by atoms with E-state index in [2.05, 4.69) is 15.3 Å². The molecule has 1 aliphatic rings. The van der Waals surface area contributed by atoms with Crippen LogP contribution < -0.4 is 10.1 Å². The number of nitrogens with zero attached hydrogens (tertiary/aromatic N) is 4. The van der Waals surface area contributed by atoms with Crippen LogP contribution in [-0.2, 0) is 6.54 Å². The average Bonchev–Trinajstić information content (AvgIpc) is 3.49. The van der Waals surface area contributed by atoms with Gasteiger partial charge in [-0.3, -0.25) is 20.1 Å². The highest BCUT2D eigenvalue weighted by molar-refractivity contribution is 7.80. The topological polar surface area (TPSA) is 107 Å². The minimum atomic E-state index is -0.460. The second kappa shape index (κ2) is 9.51. The quantitative estimate of drug-likeness (QED) is 0.223. The largest absolute Gasteiger partial charge is 0.496 e. The van der Waals surface area contributed by atoms with Crippen molar-refractivity contribution < 1.29 is 14.1 Å². The normalized spacial score (nSPS) is 17.3. The van der Waals surface area contributed by atoms with Gasteiger partial charge in [0.2, 0.25) is 0 Å². The van der Waals surface area contributed by atoms with Crippen LogP contribution in [0.3, 0.4) is 0 Å². The summed E-state index contributed by atoms with van der Waals surface area (Å²) in [5.74, 6) is 1.55. The first-order valence-electron chi connectivity index (χ1n) is 10.9. The molecule has 35 heavy (non-hydrogen) atoms. The van der Waals surface area contributed by atoms with E-state index >= 15 is 0 Å². The van der Waals surface area contributed by atoms with Crippen LogP contribution >= 0.6 is 12.2 Å². The van der Waals surface area contributed by atoms with Gasteiger partial charge in [0.05, 0.1) is 47.6 Å². The number of nitrogens with one attached hydrogen (secondary N) is 1. The van der Waals surface area contributed by atoms with Gasteiger partial charge in [-0.1, -0.05) is 12.1 Å². The number of ether oxygens (including phenoxy) is 1. The zero-order valence-corrected chi connectivity index (χ0v) is 19.5. The van der Waals surface area contributed by atoms with Gasteiger partial charge < -0.3 is 19.4 Å². The molecule has 1 aliphatic heterocycles. The van der Waals surface area contributed by atoms with Gasteiger partial charge in [0.1, 0.15) is 23.3 Å². The Balaban J connectivity index is 1.54. The smallest absolute Gasteiger partial charge is 0.273 e. The SMILES string of the molecule is COc1cc([N+](=O)[O-])ccc1-c1ccc([C@H]2[C@H](c3ccccn3)NC(=S)N2Cc2ccccn2)o1. The fourth-order valence-corrected chi connectivity index (χ4v) is 4.51. The van der Waals surface area contributed by atoms with E-state index in [9.17, 15) is 10.1 Å². The van der Waals surface area contributed by atoms with Crippen molar-refractivity contribution in [2.24, 2.45) is 0 Å². The van der Waals surface area contributed by atoms with E-state index in [1.165, 1.54) is 19.2 Å². The molecule has 0 amide bonds. The Labute approximate surface area is 206 Å². The first-order chi connectivity index (χ1) is 17.0. The summed E-state index contributed by atoms with van der Waals surface area (Å²) in [6.45, 7) is 0.484. The number of aromatic nitrogens is 2. The molecule has 0 spiro atoms. The third-order valence-corrected chi connectivity index (χ3v) is 6.19. The van der Waals surface area contributed by atoms with Gasteiger partial charge in [-0.25, -0.2) is 0 Å². The van der Waals surface area contributed by atoms with E-state index in [4.69, 9.17) is 21.4 Å². The molecular weight excluding hydrogens is 466 g/mol. The summed E-state index contributed by atoms with van der Waals surface area (Å²) in [6.07, 6.45) is 3.49. The van der Waals surface area contributed by atoms with Crippen molar-refractivity contribution in [2.45, 2.75) is 18.6 Å². The maximum Gasteiger partial charge on any atom is 0.273 e. The van der Waals surface area contributed by atoms with Crippen molar-refractivity contribution in [1.29, 1.82) is 0 Å². The second-order valence-electron chi connectivity index (χ2n) is 7.92. The third kappa shape index (κ3) is 4.43. The summed E-state index contributed by atoms with van der Waals surface area (Å²) in [6, 6.07) is 19.1. The predicted molar refractivity (Wildman–Crippen MR) is 133 cm³/mol. The lowest BCUT2D eigenvalue weighted by Crippen LogP contribution is -2.29. The van der Waals surface area contributed by atoms with Gasteiger partial charge in [-0.15, -0.1) is 0 Å². The lowest BCUT2D eigenvalue weighted by molar-refractivity contribution is -0.384. The van der Waals surface area contributed by atoms with Gasteiger partial charge in [0.15, 0.2) is 5.11 Å². The first-order valence-corrected chi connectivity index (χ1v) is 11.3. The molecule has 1 fully saturated rings. The zero-order chi connectivity index (χ0) is 24.4. The number of nitro groups is 1. The molecule has 176 valence electrons. The number of non-ortho nitro benzene ring substituents is 1. The number of rotatable bonds is 7. The lowest BCUT2D eigenvalue weighted by Gasteiger charge is -2.25. The van der Waals surface area contributed by atoms with Crippen LogP contribution in [0, 0.1) is 10.1 Å². The Morgan fingerprint density at radius 3 is 2.60 bits per heavy atom. The van der Waals surface area contributed by atoms with Gasteiger partial charge in [0, 0.05) is 18.5 Å². The van der Waals surface area contributed by atoms with Crippen molar-refractivity contribution in [2.75, 3.05) is 7.11 Å². The Bertz CT molecular complexity index is 1360. The van der Waals surface area contributed by atoms with Crippen LogP contribution in [0.2, 0.25) is 0 Å². The monoisotopic (exact) mass is 487 g/mol. The Morgan fingerprint density at radius 1 is 1.11 bits per heavy atom. The summed E-state index contributed by atoms with van der Waals surface area (Å²) >= 11 is 5.71. The molecule has 1 saturated heterocycles. The van der Waals surface area contributed by atoms with E-state index in [-0.39, 0.29) is 17.8 Å². The van der Waals surface area contributed by atoms with Gasteiger partial charge in [-0.2, -0.15) is 0 Å². The predicted octanol–water partition coefficient (Wildman–Crippen LogP) is 4.83. The molecule has 0 bridgehead atoms. The number of furan rings is 1. The zero-order valence-electron chi connectivity index (χ0n) is 18.7. The summed E-state index contributed by atoms with van der Waals surface area (Å²) in [5, 5.41) is 15.1. The van der Waals surface area contributed by atoms with E-state index in [0.717, 1.165) is 11.4 Å². The summed E-state index contributed by atoms with van der Waals surface area (Å²) in [5.41, 5.74) is 2.25. The fourth-order valence-electron chi connectivity index (χ4n) is 4.20. The number of nitro benzene ring substituents is 1. The summed E-state index contributed by atoms with van der Waals surface area (Å²) in [7, 11) is 1.47. The maximum atomic E-state index is 11.2. The Kier molecular flexibility index (Phi) is 6.11. The summed E-state index contributed by atoms with van der Waals surface area (Å²) < 4.78 is 11.7. The average molecular weight is 488 g/mol. The highest BCUT2D eigenvalue weighted by Crippen LogP contribution is 2.42. The molecule has 9 nitrogen and oxygen atoms in total. The minimum Gasteiger partial charge on any atom is -0.496 e. The molecule has 0 saturated carbocycles. The van der Waals surface area contributed by atoms with Crippen LogP contribution in [0.25, 0.3) is 11.3 Å². The van der Waals surface area contributed by atoms with E-state index < -0.39 is 4.92 Å². The highest BCUT2D eigenvalue weighted by Gasteiger charge is 2.42. The third-order valence-electron chi connectivity index (χ3n) is 5.84. The van der Waals surface area contributed by atoms with Crippen molar-refractivity contribution in [3.63, 3.8) is 0 Å². The standard InChI is InChI=1S/C25H21N5O4S/c1-33-22-14-17(30(31)32)8-9-18(22)20-10-11-21(34-20)24-23(19-7-3-5-13-27-19)28-25(35)29(24)15-16-6-2-4-12-26-16/h2-14,23-24H,15H2,1H3,(H,28,35)/t23-,24-/m0/s1. The Morgan fingerprint density at radius 2 is 1.91 bits per heavy atom. The van der Waals surface area contributed by atoms with Crippen LogP contribution in [0.15, 0.2) is 83.5 Å². The molecule has 2 atom stereocenters. The van der Waals surface area contributed by atoms with Crippen LogP contribution in [0.5, 0.6) is 5.75 Å². The van der Waals surface area contributed by atoms with E-state index in [1.54, 1.807) is 18.5 Å². The number of methoxy groups -OCH3 is 1. The first kappa shape index (κ1) is 22.5. The molecule has 3 aromatic heterocycles. The molecular formula is C25H21N5O4S. The number of hydrogen-bond acceptors (Lipinski definition) is 7. The van der Waals surface area contributed by atoms with E-state index in [0.29, 0.717) is 34.5 Å². The highest BCUT2D eigenvalue weighted by atomic mass is 32.1. The van der Waals surface area contributed by atoms with Crippen molar-refractivity contribution in [3.8, 4) is 17.1 Å². The minimum absolute atomic E-state index is 0.0560. The van der Waals surface area contributed by atoms with E-state index in [1.807, 2.05) is 53.4 Å². The molecule has 5 rings (SSSR count). The molecule has 0 unspecified atom stereocenters. The van der Waals surface area contributed by atoms with Crippen molar-refractivity contribution in [3.05, 3.63) is 106 Å². The van der Waals surface area contributed by atoms with Crippen LogP contribution in [0.4, 0.5) is 5.69 Å².